The van der Waals surface area contributed by atoms with Gasteiger partial charge in [-0.05, 0) is 56.4 Å². The fraction of sp³-hybridized carbons (Fsp3) is 0.435. The first-order valence-corrected chi connectivity index (χ1v) is 10.3. The number of nitrogens with one attached hydrogen (secondary N) is 2. The van der Waals surface area contributed by atoms with Crippen LogP contribution in [0.2, 0.25) is 0 Å². The largest absolute Gasteiger partial charge is 0.461 e. The molecule has 6 nitrogen and oxygen atoms in total. The first-order valence-electron chi connectivity index (χ1n) is 10.3. The van der Waals surface area contributed by atoms with E-state index in [9.17, 15) is 4.79 Å². The molecule has 0 saturated carbocycles. The summed E-state index contributed by atoms with van der Waals surface area (Å²) in [4.78, 5) is 19.3. The molecule has 0 radical (unpaired) electrons. The normalized spacial score (nSPS) is 13.6. The molecule has 2 aromatic rings. The Morgan fingerprint density at radius 3 is 2.62 bits per heavy atom. The van der Waals surface area contributed by atoms with Crippen LogP contribution in [0, 0.1) is 18.3 Å². The zero-order valence-electron chi connectivity index (χ0n) is 17.7. The number of hydrogen-bond donors (Lipinski definition) is 2. The van der Waals surface area contributed by atoms with Gasteiger partial charge in [-0.1, -0.05) is 26.0 Å². The maximum Gasteiger partial charge on any atom is 0.357 e. The van der Waals surface area contributed by atoms with Crippen LogP contribution in [0.3, 0.4) is 0 Å². The van der Waals surface area contributed by atoms with E-state index in [4.69, 9.17) is 10.1 Å². The average Bonchev–Trinajstić information content (AvgIpc) is 3.21. The molecule has 0 bridgehead atoms. The fourth-order valence-corrected chi connectivity index (χ4v) is 3.55. The van der Waals surface area contributed by atoms with Crippen molar-refractivity contribution in [2.75, 3.05) is 29.9 Å². The number of anilines is 3. The molecule has 1 saturated heterocycles. The molecule has 0 unspecified atom stereocenters. The second kappa shape index (κ2) is 9.07. The molecule has 1 aliphatic rings. The van der Waals surface area contributed by atoms with Gasteiger partial charge in [-0.2, -0.15) is 0 Å². The Morgan fingerprint density at radius 1 is 1.28 bits per heavy atom. The first kappa shape index (κ1) is 20.8. The molecular formula is C23H30N4O2. The molecule has 29 heavy (non-hydrogen) atoms. The van der Waals surface area contributed by atoms with Crippen LogP contribution < -0.4 is 10.2 Å². The molecule has 6 heteroatoms. The third-order valence-electron chi connectivity index (χ3n) is 5.06. The SMILES string of the molecule is CCOC(=O)c1cc(N2CCCC2)c(C(=N)C(C)C)c(Nc2cccc(C)c2)n1. The average molecular weight is 395 g/mol. The van der Waals surface area contributed by atoms with E-state index in [0.717, 1.165) is 48.4 Å². The lowest BCUT2D eigenvalue weighted by atomic mass is 9.97. The van der Waals surface area contributed by atoms with E-state index in [0.29, 0.717) is 18.1 Å². The van der Waals surface area contributed by atoms with E-state index >= 15 is 0 Å². The summed E-state index contributed by atoms with van der Waals surface area (Å²) in [5.74, 6) is 0.120. The highest BCUT2D eigenvalue weighted by atomic mass is 16.5. The highest BCUT2D eigenvalue weighted by molar-refractivity contribution is 6.09. The molecule has 2 N–H and O–H groups in total. The Bertz CT molecular complexity index is 902. The van der Waals surface area contributed by atoms with E-state index in [2.05, 4.69) is 15.2 Å². The lowest BCUT2D eigenvalue weighted by Gasteiger charge is -2.25. The third-order valence-corrected chi connectivity index (χ3v) is 5.06. The van der Waals surface area contributed by atoms with E-state index in [1.54, 1.807) is 13.0 Å². The molecule has 3 rings (SSSR count). The van der Waals surface area contributed by atoms with Crippen molar-refractivity contribution in [1.29, 1.82) is 5.41 Å². The van der Waals surface area contributed by atoms with Gasteiger partial charge in [-0.3, -0.25) is 0 Å². The smallest absolute Gasteiger partial charge is 0.357 e. The molecule has 2 heterocycles. The van der Waals surface area contributed by atoms with E-state index in [-0.39, 0.29) is 11.6 Å². The van der Waals surface area contributed by atoms with Crippen molar-refractivity contribution in [2.24, 2.45) is 5.92 Å². The van der Waals surface area contributed by atoms with Crippen molar-refractivity contribution in [3.63, 3.8) is 0 Å². The summed E-state index contributed by atoms with van der Waals surface area (Å²) >= 11 is 0. The lowest BCUT2D eigenvalue weighted by molar-refractivity contribution is 0.0519. The van der Waals surface area contributed by atoms with E-state index in [1.807, 2.05) is 45.0 Å². The van der Waals surface area contributed by atoms with Gasteiger partial charge in [0.05, 0.1) is 17.9 Å². The minimum absolute atomic E-state index is 0.0321. The number of esters is 1. The predicted octanol–water partition coefficient (Wildman–Crippen LogP) is 4.93. The van der Waals surface area contributed by atoms with Crippen LogP contribution in [0.25, 0.3) is 0 Å². The van der Waals surface area contributed by atoms with Crippen molar-refractivity contribution in [1.82, 2.24) is 4.98 Å². The van der Waals surface area contributed by atoms with Gasteiger partial charge in [0.25, 0.3) is 0 Å². The quantitative estimate of drug-likeness (QED) is 0.514. The lowest BCUT2D eigenvalue weighted by Crippen LogP contribution is -2.25. The number of carbonyl (C=O) groups is 1. The molecule has 0 amide bonds. The molecule has 0 aliphatic carbocycles. The number of aryl methyl sites for hydroxylation is 1. The Hall–Kier alpha value is -2.89. The number of rotatable bonds is 7. The van der Waals surface area contributed by atoms with Crippen molar-refractivity contribution in [3.8, 4) is 0 Å². The van der Waals surface area contributed by atoms with Crippen LogP contribution in [0.5, 0.6) is 0 Å². The highest BCUT2D eigenvalue weighted by Gasteiger charge is 2.26. The van der Waals surface area contributed by atoms with Gasteiger partial charge in [0.1, 0.15) is 5.82 Å². The van der Waals surface area contributed by atoms with Gasteiger partial charge in [0, 0.05) is 24.5 Å². The summed E-state index contributed by atoms with van der Waals surface area (Å²) in [5, 5.41) is 12.1. The monoisotopic (exact) mass is 394 g/mol. The number of benzene rings is 1. The minimum Gasteiger partial charge on any atom is -0.461 e. The van der Waals surface area contributed by atoms with Gasteiger partial charge < -0.3 is 20.4 Å². The fourth-order valence-electron chi connectivity index (χ4n) is 3.55. The van der Waals surface area contributed by atoms with Gasteiger partial charge in [-0.25, -0.2) is 9.78 Å². The molecule has 154 valence electrons. The van der Waals surface area contributed by atoms with Gasteiger partial charge in [-0.15, -0.1) is 0 Å². The molecule has 1 aromatic heterocycles. The Kier molecular flexibility index (Phi) is 6.52. The molecule has 0 spiro atoms. The number of aromatic nitrogens is 1. The number of carbonyl (C=O) groups excluding carboxylic acids is 1. The van der Waals surface area contributed by atoms with Crippen LogP contribution in [-0.4, -0.2) is 36.4 Å². The van der Waals surface area contributed by atoms with Crippen molar-refractivity contribution in [2.45, 2.75) is 40.5 Å². The topological polar surface area (TPSA) is 78.3 Å². The number of ether oxygens (including phenoxy) is 1. The zero-order valence-corrected chi connectivity index (χ0v) is 17.7. The third kappa shape index (κ3) is 4.75. The molecular weight excluding hydrogens is 364 g/mol. The van der Waals surface area contributed by atoms with Gasteiger partial charge in [0.15, 0.2) is 5.69 Å². The van der Waals surface area contributed by atoms with Crippen LogP contribution in [-0.2, 0) is 4.74 Å². The molecule has 0 atom stereocenters. The summed E-state index contributed by atoms with van der Waals surface area (Å²) in [6.07, 6.45) is 2.21. The van der Waals surface area contributed by atoms with Gasteiger partial charge in [0.2, 0.25) is 0 Å². The molecule has 1 aliphatic heterocycles. The van der Waals surface area contributed by atoms with Crippen molar-refractivity contribution in [3.05, 3.63) is 47.2 Å². The van der Waals surface area contributed by atoms with Crippen molar-refractivity contribution >= 4 is 28.9 Å². The number of hydrogen-bond acceptors (Lipinski definition) is 6. The number of pyridine rings is 1. The Morgan fingerprint density at radius 2 is 2.00 bits per heavy atom. The zero-order chi connectivity index (χ0) is 21.0. The molecule has 1 aromatic carbocycles. The predicted molar refractivity (Wildman–Crippen MR) is 118 cm³/mol. The van der Waals surface area contributed by atoms with Crippen LogP contribution in [0.4, 0.5) is 17.2 Å². The number of nitrogens with zero attached hydrogens (tertiary/aromatic N) is 2. The second-order valence-electron chi connectivity index (χ2n) is 7.73. The first-order chi connectivity index (χ1) is 13.9. The summed E-state index contributed by atoms with van der Waals surface area (Å²) in [5.41, 5.74) is 4.42. The van der Waals surface area contributed by atoms with E-state index in [1.165, 1.54) is 0 Å². The summed E-state index contributed by atoms with van der Waals surface area (Å²) in [6, 6.07) is 9.78. The second-order valence-corrected chi connectivity index (χ2v) is 7.73. The summed E-state index contributed by atoms with van der Waals surface area (Å²) in [6.45, 7) is 9.94. The minimum atomic E-state index is -0.442. The highest BCUT2D eigenvalue weighted by Crippen LogP contribution is 2.34. The van der Waals surface area contributed by atoms with Crippen LogP contribution in [0.15, 0.2) is 30.3 Å². The summed E-state index contributed by atoms with van der Waals surface area (Å²) < 4.78 is 5.22. The Balaban J connectivity index is 2.17. The van der Waals surface area contributed by atoms with E-state index < -0.39 is 5.97 Å². The Labute approximate surface area is 172 Å². The summed E-state index contributed by atoms with van der Waals surface area (Å²) in [7, 11) is 0. The van der Waals surface area contributed by atoms with Gasteiger partial charge >= 0.3 is 5.97 Å². The standard InChI is InChI=1S/C23H30N4O2/c1-5-29-23(28)18-14-19(27-11-6-7-12-27)20(21(24)15(2)3)22(26-18)25-17-10-8-9-16(4)13-17/h8-10,13-15,24H,5-7,11-12H2,1-4H3,(H,25,26). The van der Waals surface area contributed by atoms with Crippen LogP contribution in [0.1, 0.15) is 55.2 Å². The maximum absolute atomic E-state index is 12.5. The van der Waals surface area contributed by atoms with Crippen LogP contribution >= 0.6 is 0 Å². The maximum atomic E-state index is 12.5. The molecule has 1 fully saturated rings. The van der Waals surface area contributed by atoms with Crippen molar-refractivity contribution < 1.29 is 9.53 Å².